The molecule has 1 amide bonds. The molecular formula is C11H13N5OS2. The van der Waals surface area contributed by atoms with Crippen LogP contribution in [0.25, 0.3) is 0 Å². The van der Waals surface area contributed by atoms with Crippen molar-refractivity contribution in [2.45, 2.75) is 9.24 Å². The van der Waals surface area contributed by atoms with Gasteiger partial charge in [-0.25, -0.2) is 0 Å². The van der Waals surface area contributed by atoms with Crippen LogP contribution in [0.3, 0.4) is 0 Å². The van der Waals surface area contributed by atoms with Crippen molar-refractivity contribution in [1.82, 2.24) is 10.2 Å². The van der Waals surface area contributed by atoms with Gasteiger partial charge in [-0.3, -0.25) is 4.79 Å². The second-order valence-electron chi connectivity index (χ2n) is 3.93. The summed E-state index contributed by atoms with van der Waals surface area (Å²) in [7, 11) is 3.80. The molecule has 1 heterocycles. The average molecular weight is 295 g/mol. The van der Waals surface area contributed by atoms with Crippen LogP contribution in [0.4, 0.5) is 10.8 Å². The summed E-state index contributed by atoms with van der Waals surface area (Å²) in [5, 5.41) is 8.92. The summed E-state index contributed by atoms with van der Waals surface area (Å²) in [6, 6.07) is 5.17. The molecule has 0 radical (unpaired) electrons. The number of hydrogen-bond donors (Lipinski definition) is 2. The first-order valence-corrected chi connectivity index (χ1v) is 6.99. The Labute approximate surface area is 118 Å². The van der Waals surface area contributed by atoms with Gasteiger partial charge in [-0.15, -0.1) is 10.2 Å². The lowest BCUT2D eigenvalue weighted by atomic mass is 10.2. The van der Waals surface area contributed by atoms with E-state index >= 15 is 0 Å². The summed E-state index contributed by atoms with van der Waals surface area (Å²) in [6.45, 7) is 0. The van der Waals surface area contributed by atoms with E-state index in [1.54, 1.807) is 12.1 Å². The molecule has 4 N–H and O–H groups in total. The van der Waals surface area contributed by atoms with Gasteiger partial charge in [0.15, 0.2) is 4.34 Å². The highest BCUT2D eigenvalue weighted by Crippen LogP contribution is 2.36. The Morgan fingerprint density at radius 1 is 1.37 bits per heavy atom. The van der Waals surface area contributed by atoms with Crippen molar-refractivity contribution in [1.29, 1.82) is 0 Å². The Bertz CT molecular complexity index is 611. The number of nitrogens with zero attached hydrogens (tertiary/aromatic N) is 3. The van der Waals surface area contributed by atoms with Gasteiger partial charge in [0, 0.05) is 19.0 Å². The van der Waals surface area contributed by atoms with Crippen molar-refractivity contribution < 1.29 is 4.79 Å². The van der Waals surface area contributed by atoms with E-state index in [0.29, 0.717) is 11.3 Å². The van der Waals surface area contributed by atoms with Gasteiger partial charge in [-0.2, -0.15) is 0 Å². The van der Waals surface area contributed by atoms with E-state index < -0.39 is 5.91 Å². The van der Waals surface area contributed by atoms with Gasteiger partial charge in [0.1, 0.15) is 0 Å². The van der Waals surface area contributed by atoms with Crippen LogP contribution in [0.5, 0.6) is 0 Å². The molecule has 2 aromatic rings. The number of benzene rings is 1. The van der Waals surface area contributed by atoms with Gasteiger partial charge < -0.3 is 16.4 Å². The molecule has 0 atom stereocenters. The van der Waals surface area contributed by atoms with Gasteiger partial charge in [0.2, 0.25) is 5.13 Å². The molecule has 0 unspecified atom stereocenters. The molecule has 0 aliphatic rings. The molecule has 0 bridgehead atoms. The number of primary amides is 1. The number of carbonyl (C=O) groups excluding carboxylic acids is 1. The fraction of sp³-hybridized carbons (Fsp3) is 0.182. The number of para-hydroxylation sites is 1. The molecule has 8 heteroatoms. The molecule has 0 saturated carbocycles. The van der Waals surface area contributed by atoms with Gasteiger partial charge >= 0.3 is 0 Å². The summed E-state index contributed by atoms with van der Waals surface area (Å²) in [5.41, 5.74) is 11.9. The van der Waals surface area contributed by atoms with Crippen LogP contribution >= 0.6 is 23.1 Å². The predicted octanol–water partition coefficient (Wildman–Crippen LogP) is 1.44. The molecular weight excluding hydrogens is 282 g/mol. The van der Waals surface area contributed by atoms with Gasteiger partial charge in [-0.05, 0) is 12.1 Å². The number of amides is 1. The predicted molar refractivity (Wildman–Crippen MR) is 77.7 cm³/mol. The summed E-state index contributed by atoms with van der Waals surface area (Å²) < 4.78 is 0.761. The van der Waals surface area contributed by atoms with Crippen molar-refractivity contribution >= 4 is 39.8 Å². The number of nitrogens with two attached hydrogens (primary N) is 2. The second kappa shape index (κ2) is 5.45. The first-order valence-electron chi connectivity index (χ1n) is 5.36. The normalized spacial score (nSPS) is 10.4. The van der Waals surface area contributed by atoms with E-state index in [1.807, 2.05) is 25.1 Å². The summed E-state index contributed by atoms with van der Waals surface area (Å²) in [4.78, 5) is 13.8. The van der Waals surface area contributed by atoms with Crippen LogP contribution in [0.15, 0.2) is 27.4 Å². The quantitative estimate of drug-likeness (QED) is 0.828. The van der Waals surface area contributed by atoms with Gasteiger partial charge in [-0.1, -0.05) is 29.2 Å². The lowest BCUT2D eigenvalue weighted by Gasteiger charge is -2.06. The van der Waals surface area contributed by atoms with Gasteiger partial charge in [0.05, 0.1) is 11.3 Å². The van der Waals surface area contributed by atoms with Crippen molar-refractivity contribution in [2.75, 3.05) is 24.7 Å². The summed E-state index contributed by atoms with van der Waals surface area (Å²) in [5.74, 6) is -0.536. The van der Waals surface area contributed by atoms with E-state index in [0.717, 1.165) is 14.4 Å². The third kappa shape index (κ3) is 2.96. The minimum absolute atomic E-state index is 0.322. The number of hydrogen-bond acceptors (Lipinski definition) is 7. The number of rotatable bonds is 4. The standard InChI is InChI=1S/C11H13N5OS2/c1-16(2)10-14-15-11(19-10)18-7-5-3-4-6(8(7)12)9(13)17/h3-5H,12H2,1-2H3,(H2,13,17). The fourth-order valence-corrected chi connectivity index (χ4v) is 3.16. The molecule has 0 fully saturated rings. The van der Waals surface area contributed by atoms with Crippen LogP contribution in [0.1, 0.15) is 10.4 Å². The number of anilines is 2. The molecule has 0 aliphatic carbocycles. The van der Waals surface area contributed by atoms with E-state index in [2.05, 4.69) is 10.2 Å². The highest BCUT2D eigenvalue weighted by atomic mass is 32.2. The third-order valence-corrected chi connectivity index (χ3v) is 4.53. The molecule has 0 spiro atoms. The van der Waals surface area contributed by atoms with Crippen LogP contribution < -0.4 is 16.4 Å². The van der Waals surface area contributed by atoms with Crippen LogP contribution in [0, 0.1) is 0 Å². The van der Waals surface area contributed by atoms with E-state index in [1.165, 1.54) is 23.1 Å². The number of nitrogen functional groups attached to an aromatic ring is 1. The minimum Gasteiger partial charge on any atom is -0.397 e. The molecule has 19 heavy (non-hydrogen) atoms. The van der Waals surface area contributed by atoms with Crippen LogP contribution in [-0.4, -0.2) is 30.2 Å². The van der Waals surface area contributed by atoms with Crippen molar-refractivity contribution in [3.05, 3.63) is 23.8 Å². The Morgan fingerprint density at radius 2 is 2.11 bits per heavy atom. The Hall–Kier alpha value is -1.80. The number of aromatic nitrogens is 2. The largest absolute Gasteiger partial charge is 0.397 e. The topological polar surface area (TPSA) is 98.1 Å². The highest BCUT2D eigenvalue weighted by molar-refractivity contribution is 8.01. The number of carbonyl (C=O) groups is 1. The van der Waals surface area contributed by atoms with Crippen molar-refractivity contribution in [2.24, 2.45) is 5.73 Å². The second-order valence-corrected chi connectivity index (χ2v) is 6.17. The molecule has 1 aromatic carbocycles. The van der Waals surface area contributed by atoms with Crippen molar-refractivity contribution in [3.63, 3.8) is 0 Å². The smallest absolute Gasteiger partial charge is 0.250 e. The van der Waals surface area contributed by atoms with E-state index in [9.17, 15) is 4.79 Å². The van der Waals surface area contributed by atoms with Crippen LogP contribution in [-0.2, 0) is 0 Å². The molecule has 100 valence electrons. The highest BCUT2D eigenvalue weighted by Gasteiger charge is 2.13. The molecule has 0 aliphatic heterocycles. The summed E-state index contributed by atoms with van der Waals surface area (Å²) >= 11 is 2.82. The maximum Gasteiger partial charge on any atom is 0.250 e. The van der Waals surface area contributed by atoms with E-state index in [4.69, 9.17) is 11.5 Å². The van der Waals surface area contributed by atoms with Crippen LogP contribution in [0.2, 0.25) is 0 Å². The molecule has 0 saturated heterocycles. The lowest BCUT2D eigenvalue weighted by molar-refractivity contribution is 0.100. The first-order chi connectivity index (χ1) is 8.99. The monoisotopic (exact) mass is 295 g/mol. The summed E-state index contributed by atoms with van der Waals surface area (Å²) in [6.07, 6.45) is 0. The zero-order valence-corrected chi connectivity index (χ0v) is 12.1. The molecule has 2 rings (SSSR count). The fourth-order valence-electron chi connectivity index (χ4n) is 1.37. The molecule has 6 nitrogen and oxygen atoms in total. The Morgan fingerprint density at radius 3 is 2.68 bits per heavy atom. The average Bonchev–Trinajstić information content (AvgIpc) is 2.80. The third-order valence-electron chi connectivity index (χ3n) is 2.31. The Balaban J connectivity index is 2.28. The van der Waals surface area contributed by atoms with Crippen molar-refractivity contribution in [3.8, 4) is 0 Å². The zero-order valence-electron chi connectivity index (χ0n) is 10.5. The van der Waals surface area contributed by atoms with Gasteiger partial charge in [0.25, 0.3) is 5.91 Å². The minimum atomic E-state index is -0.536. The molecule has 1 aromatic heterocycles. The first kappa shape index (κ1) is 13.6. The maximum absolute atomic E-state index is 11.2. The zero-order chi connectivity index (χ0) is 14.0. The Kier molecular flexibility index (Phi) is 3.91. The SMILES string of the molecule is CN(C)c1nnc(Sc2cccc(C(N)=O)c2N)s1. The lowest BCUT2D eigenvalue weighted by Crippen LogP contribution is -2.13. The van der Waals surface area contributed by atoms with E-state index in [-0.39, 0.29) is 0 Å². The maximum atomic E-state index is 11.2.